The predicted octanol–water partition coefficient (Wildman–Crippen LogP) is 2.67. The monoisotopic (exact) mass is 237 g/mol. The molecule has 0 aliphatic heterocycles. The summed E-state index contributed by atoms with van der Waals surface area (Å²) in [7, 11) is 0. The van der Waals surface area contributed by atoms with Crippen LogP contribution >= 0.6 is 0 Å². The van der Waals surface area contributed by atoms with E-state index in [4.69, 9.17) is 5.84 Å². The number of hydrogen-bond donors (Lipinski definition) is 2. The van der Waals surface area contributed by atoms with Gasteiger partial charge in [0.1, 0.15) is 11.6 Å². The average Bonchev–Trinajstić information content (AvgIpc) is 2.26. The van der Waals surface area contributed by atoms with Crippen molar-refractivity contribution in [1.29, 1.82) is 0 Å². The summed E-state index contributed by atoms with van der Waals surface area (Å²) >= 11 is 0. The molecule has 0 unspecified atom stereocenters. The molecule has 2 rings (SSSR count). The van der Waals surface area contributed by atoms with Gasteiger partial charge in [0.25, 0.3) is 0 Å². The van der Waals surface area contributed by atoms with Crippen molar-refractivity contribution in [2.75, 3.05) is 5.43 Å². The summed E-state index contributed by atoms with van der Waals surface area (Å²) in [5.41, 5.74) is 4.79. The van der Waals surface area contributed by atoms with E-state index in [1.165, 1.54) is 6.07 Å². The molecular formula is C12H13F2N3. The fourth-order valence-electron chi connectivity index (χ4n) is 2.07. The minimum atomic E-state index is -0.657. The second-order valence-electron chi connectivity index (χ2n) is 3.83. The molecule has 2 aromatic rings. The zero-order valence-corrected chi connectivity index (χ0v) is 9.64. The number of fused-ring (bicyclic) bond motifs is 1. The molecule has 0 bridgehead atoms. The Morgan fingerprint density at radius 1 is 1.35 bits per heavy atom. The molecule has 0 amide bonds. The molecule has 0 fully saturated rings. The highest BCUT2D eigenvalue weighted by Crippen LogP contribution is 2.30. The number of anilines is 1. The SMILES string of the molecule is CCc1c(C)nc2cc(F)cc(F)c2c1NN. The number of aromatic nitrogens is 1. The lowest BCUT2D eigenvalue weighted by atomic mass is 10.0. The van der Waals surface area contributed by atoms with Crippen molar-refractivity contribution < 1.29 is 8.78 Å². The highest BCUT2D eigenvalue weighted by molar-refractivity contribution is 5.93. The summed E-state index contributed by atoms with van der Waals surface area (Å²) in [4.78, 5) is 4.20. The van der Waals surface area contributed by atoms with Crippen LogP contribution in [0.2, 0.25) is 0 Å². The molecule has 1 heterocycles. The maximum absolute atomic E-state index is 13.8. The Hall–Kier alpha value is -1.75. The summed E-state index contributed by atoms with van der Waals surface area (Å²) in [6.45, 7) is 3.72. The van der Waals surface area contributed by atoms with Crippen LogP contribution in [0.5, 0.6) is 0 Å². The molecule has 3 nitrogen and oxygen atoms in total. The van der Waals surface area contributed by atoms with Crippen LogP contribution in [-0.2, 0) is 6.42 Å². The summed E-state index contributed by atoms with van der Waals surface area (Å²) < 4.78 is 26.9. The minimum absolute atomic E-state index is 0.233. The number of pyridine rings is 1. The van der Waals surface area contributed by atoms with E-state index < -0.39 is 11.6 Å². The summed E-state index contributed by atoms with van der Waals surface area (Å²) in [6.07, 6.45) is 0.672. The van der Waals surface area contributed by atoms with Crippen molar-refractivity contribution in [3.63, 3.8) is 0 Å². The Kier molecular flexibility index (Phi) is 2.93. The van der Waals surface area contributed by atoms with E-state index in [9.17, 15) is 8.78 Å². The smallest absolute Gasteiger partial charge is 0.137 e. The van der Waals surface area contributed by atoms with Gasteiger partial charge in [0, 0.05) is 17.8 Å². The van der Waals surface area contributed by atoms with Gasteiger partial charge in [0.2, 0.25) is 0 Å². The van der Waals surface area contributed by atoms with Gasteiger partial charge >= 0.3 is 0 Å². The number of nitrogen functional groups attached to an aromatic ring is 1. The second-order valence-corrected chi connectivity index (χ2v) is 3.83. The summed E-state index contributed by atoms with van der Waals surface area (Å²) in [6, 6.07) is 2.03. The summed E-state index contributed by atoms with van der Waals surface area (Å²) in [5, 5.41) is 0.233. The predicted molar refractivity (Wildman–Crippen MR) is 63.6 cm³/mol. The number of nitrogens with zero attached hydrogens (tertiary/aromatic N) is 1. The summed E-state index contributed by atoms with van der Waals surface area (Å²) in [5.74, 6) is 4.13. The van der Waals surface area contributed by atoms with Gasteiger partial charge in [-0.3, -0.25) is 10.8 Å². The van der Waals surface area contributed by atoms with Crippen LogP contribution in [0.25, 0.3) is 10.9 Å². The first-order valence-corrected chi connectivity index (χ1v) is 5.33. The maximum Gasteiger partial charge on any atom is 0.137 e. The molecule has 0 atom stereocenters. The third-order valence-electron chi connectivity index (χ3n) is 2.81. The lowest BCUT2D eigenvalue weighted by molar-refractivity contribution is 0.591. The van der Waals surface area contributed by atoms with Crippen molar-refractivity contribution in [2.24, 2.45) is 5.84 Å². The molecule has 0 radical (unpaired) electrons. The molecule has 0 saturated heterocycles. The molecule has 1 aromatic carbocycles. The maximum atomic E-state index is 13.8. The van der Waals surface area contributed by atoms with E-state index in [-0.39, 0.29) is 10.9 Å². The van der Waals surface area contributed by atoms with Gasteiger partial charge in [0.15, 0.2) is 0 Å². The topological polar surface area (TPSA) is 50.9 Å². The van der Waals surface area contributed by atoms with E-state index in [1.807, 2.05) is 6.92 Å². The highest BCUT2D eigenvalue weighted by Gasteiger charge is 2.15. The largest absolute Gasteiger partial charge is 0.323 e. The van der Waals surface area contributed by atoms with Crippen LogP contribution in [0.3, 0.4) is 0 Å². The first kappa shape index (κ1) is 11.7. The van der Waals surface area contributed by atoms with Gasteiger partial charge in [-0.15, -0.1) is 0 Å². The Balaban J connectivity index is 2.94. The molecule has 0 aliphatic carbocycles. The molecule has 0 spiro atoms. The Morgan fingerprint density at radius 2 is 2.06 bits per heavy atom. The first-order chi connectivity index (χ1) is 8.08. The zero-order valence-electron chi connectivity index (χ0n) is 9.64. The molecule has 5 heteroatoms. The highest BCUT2D eigenvalue weighted by atomic mass is 19.1. The molecule has 90 valence electrons. The van der Waals surface area contributed by atoms with E-state index >= 15 is 0 Å². The lowest BCUT2D eigenvalue weighted by Crippen LogP contribution is -2.12. The van der Waals surface area contributed by atoms with Gasteiger partial charge in [-0.1, -0.05) is 6.92 Å². The number of aryl methyl sites for hydroxylation is 1. The standard InChI is InChI=1S/C12H13F2N3/c1-3-8-6(2)16-10-5-7(13)4-9(14)11(10)12(8)17-15/h4-5H,3,15H2,1-2H3,(H,16,17). The fraction of sp³-hybridized carbons (Fsp3) is 0.250. The zero-order chi connectivity index (χ0) is 12.6. The van der Waals surface area contributed by atoms with Crippen molar-refractivity contribution in [3.05, 3.63) is 35.0 Å². The van der Waals surface area contributed by atoms with Gasteiger partial charge in [-0.2, -0.15) is 0 Å². The van der Waals surface area contributed by atoms with Crippen LogP contribution in [0, 0.1) is 18.6 Å². The van der Waals surface area contributed by atoms with Crippen LogP contribution in [0.4, 0.5) is 14.5 Å². The molecule has 1 aromatic heterocycles. The van der Waals surface area contributed by atoms with E-state index in [1.54, 1.807) is 6.92 Å². The van der Waals surface area contributed by atoms with E-state index in [0.29, 0.717) is 12.1 Å². The van der Waals surface area contributed by atoms with Crippen LogP contribution in [-0.4, -0.2) is 4.98 Å². The molecule has 0 saturated carbocycles. The van der Waals surface area contributed by atoms with Crippen LogP contribution < -0.4 is 11.3 Å². The molecule has 17 heavy (non-hydrogen) atoms. The Morgan fingerprint density at radius 3 is 2.65 bits per heavy atom. The third kappa shape index (κ3) is 1.82. The van der Waals surface area contributed by atoms with Gasteiger partial charge in [-0.25, -0.2) is 8.78 Å². The van der Waals surface area contributed by atoms with Crippen molar-refractivity contribution >= 4 is 16.6 Å². The minimum Gasteiger partial charge on any atom is -0.323 e. The quantitative estimate of drug-likeness (QED) is 0.623. The lowest BCUT2D eigenvalue weighted by Gasteiger charge is -2.14. The van der Waals surface area contributed by atoms with E-state index in [2.05, 4.69) is 10.4 Å². The fourth-order valence-corrected chi connectivity index (χ4v) is 2.07. The number of benzene rings is 1. The van der Waals surface area contributed by atoms with Gasteiger partial charge < -0.3 is 5.43 Å². The Labute approximate surface area is 97.6 Å². The number of nitrogens with one attached hydrogen (secondary N) is 1. The molecule has 3 N–H and O–H groups in total. The van der Waals surface area contributed by atoms with E-state index in [0.717, 1.165) is 17.3 Å². The first-order valence-electron chi connectivity index (χ1n) is 5.33. The van der Waals surface area contributed by atoms with Crippen molar-refractivity contribution in [3.8, 4) is 0 Å². The number of hydrogen-bond acceptors (Lipinski definition) is 3. The van der Waals surface area contributed by atoms with Crippen molar-refractivity contribution in [2.45, 2.75) is 20.3 Å². The molecule has 0 aliphatic rings. The number of rotatable bonds is 2. The number of halogens is 2. The van der Waals surface area contributed by atoms with Gasteiger partial charge in [-0.05, 0) is 18.9 Å². The van der Waals surface area contributed by atoms with Crippen LogP contribution in [0.1, 0.15) is 18.2 Å². The number of nitrogens with two attached hydrogens (primary N) is 1. The molecular weight excluding hydrogens is 224 g/mol. The van der Waals surface area contributed by atoms with Crippen molar-refractivity contribution in [1.82, 2.24) is 4.98 Å². The average molecular weight is 237 g/mol. The van der Waals surface area contributed by atoms with Gasteiger partial charge in [0.05, 0.1) is 16.6 Å². The normalized spacial score (nSPS) is 10.9. The third-order valence-corrected chi connectivity index (χ3v) is 2.81. The number of hydrazine groups is 1. The van der Waals surface area contributed by atoms with Crippen LogP contribution in [0.15, 0.2) is 12.1 Å². The Bertz CT molecular complexity index is 582. The second kappa shape index (κ2) is 4.25.